The molecule has 1 amide bonds. The fraction of sp³-hybridized carbons (Fsp3) is 0.130. The highest BCUT2D eigenvalue weighted by Crippen LogP contribution is 2.24. The lowest BCUT2D eigenvalue weighted by molar-refractivity contribution is 0.0992. The van der Waals surface area contributed by atoms with Crippen LogP contribution in [0, 0.1) is 6.92 Å². The molecule has 6 nitrogen and oxygen atoms in total. The van der Waals surface area contributed by atoms with E-state index in [9.17, 15) is 4.79 Å². The highest BCUT2D eigenvalue weighted by atomic mass is 35.5. The van der Waals surface area contributed by atoms with Crippen LogP contribution in [0.2, 0.25) is 10.0 Å². The van der Waals surface area contributed by atoms with Crippen molar-refractivity contribution in [3.63, 3.8) is 0 Å². The quantitative estimate of drug-likeness (QED) is 0.372. The van der Waals surface area contributed by atoms with Gasteiger partial charge < -0.3 is 14.5 Å². The van der Waals surface area contributed by atoms with E-state index >= 15 is 0 Å². The Labute approximate surface area is 189 Å². The van der Waals surface area contributed by atoms with Gasteiger partial charge in [-0.3, -0.25) is 9.48 Å². The van der Waals surface area contributed by atoms with E-state index < -0.39 is 5.91 Å². The Morgan fingerprint density at radius 2 is 1.94 bits per heavy atom. The highest BCUT2D eigenvalue weighted by molar-refractivity contribution is 6.33. The standard InChI is InChI=1S/C23H19Cl2N3O3/c1-15-11-17(24)7-9-20(15)30-14-18-8-10-21(31-18)23(29)26-22-19(25)13-28(27-22)12-16-5-3-2-4-6-16/h2-11,13H,12,14H2,1H3,(H,26,27,29). The molecule has 0 saturated heterocycles. The molecule has 4 aromatic rings. The zero-order valence-electron chi connectivity index (χ0n) is 16.6. The number of furan rings is 1. The molecule has 8 heteroatoms. The Kier molecular flexibility index (Phi) is 6.30. The maximum absolute atomic E-state index is 12.5. The van der Waals surface area contributed by atoms with E-state index in [4.69, 9.17) is 32.4 Å². The maximum Gasteiger partial charge on any atom is 0.292 e. The first-order valence-corrected chi connectivity index (χ1v) is 10.3. The predicted molar refractivity (Wildman–Crippen MR) is 120 cm³/mol. The van der Waals surface area contributed by atoms with Gasteiger partial charge in [-0.05, 0) is 48.4 Å². The first-order valence-electron chi connectivity index (χ1n) is 9.54. The van der Waals surface area contributed by atoms with Crippen molar-refractivity contribution in [1.82, 2.24) is 9.78 Å². The molecule has 4 rings (SSSR count). The number of nitrogens with one attached hydrogen (secondary N) is 1. The van der Waals surface area contributed by atoms with Gasteiger partial charge in [0.05, 0.1) is 6.54 Å². The van der Waals surface area contributed by atoms with Gasteiger partial charge in [-0.15, -0.1) is 0 Å². The van der Waals surface area contributed by atoms with Crippen molar-refractivity contribution in [2.24, 2.45) is 0 Å². The molecule has 0 bridgehead atoms. The monoisotopic (exact) mass is 455 g/mol. The van der Waals surface area contributed by atoms with E-state index in [1.807, 2.05) is 43.3 Å². The van der Waals surface area contributed by atoms with E-state index in [1.165, 1.54) is 0 Å². The molecular weight excluding hydrogens is 437 g/mol. The molecule has 1 N–H and O–H groups in total. The zero-order valence-corrected chi connectivity index (χ0v) is 18.2. The van der Waals surface area contributed by atoms with Crippen LogP contribution in [-0.4, -0.2) is 15.7 Å². The molecule has 0 aliphatic heterocycles. The third-order valence-electron chi connectivity index (χ3n) is 4.53. The Morgan fingerprint density at radius 3 is 2.71 bits per heavy atom. The van der Waals surface area contributed by atoms with Crippen LogP contribution in [0.5, 0.6) is 5.75 Å². The molecule has 2 aromatic heterocycles. The molecule has 2 heterocycles. The number of rotatable bonds is 7. The molecule has 31 heavy (non-hydrogen) atoms. The summed E-state index contributed by atoms with van der Waals surface area (Å²) in [6.45, 7) is 2.63. The number of nitrogens with zero attached hydrogens (tertiary/aromatic N) is 2. The Bertz CT molecular complexity index is 1200. The van der Waals surface area contributed by atoms with Crippen molar-refractivity contribution in [2.45, 2.75) is 20.1 Å². The smallest absolute Gasteiger partial charge is 0.292 e. The van der Waals surface area contributed by atoms with Gasteiger partial charge in [-0.2, -0.15) is 5.10 Å². The molecule has 0 fully saturated rings. The number of carbonyl (C=O) groups excluding carboxylic acids is 1. The Balaban J connectivity index is 1.38. The van der Waals surface area contributed by atoms with Crippen molar-refractivity contribution in [3.05, 3.63) is 99.6 Å². The lowest BCUT2D eigenvalue weighted by atomic mass is 10.2. The van der Waals surface area contributed by atoms with Gasteiger partial charge >= 0.3 is 0 Å². The van der Waals surface area contributed by atoms with Crippen molar-refractivity contribution in [3.8, 4) is 5.75 Å². The van der Waals surface area contributed by atoms with Crippen LogP contribution >= 0.6 is 23.2 Å². The van der Waals surface area contributed by atoms with E-state index in [0.717, 1.165) is 11.1 Å². The maximum atomic E-state index is 12.5. The second-order valence-corrected chi connectivity index (χ2v) is 7.77. The van der Waals surface area contributed by atoms with Crippen molar-refractivity contribution < 1.29 is 13.9 Å². The minimum atomic E-state index is -0.444. The number of halogens is 2. The summed E-state index contributed by atoms with van der Waals surface area (Å²) in [6.07, 6.45) is 1.67. The highest BCUT2D eigenvalue weighted by Gasteiger charge is 2.16. The summed E-state index contributed by atoms with van der Waals surface area (Å²) < 4.78 is 13.0. The molecule has 0 radical (unpaired) electrons. The summed E-state index contributed by atoms with van der Waals surface area (Å²) in [6, 6.07) is 18.5. The van der Waals surface area contributed by atoms with Gasteiger partial charge in [0.25, 0.3) is 5.91 Å². The van der Waals surface area contributed by atoms with E-state index in [1.54, 1.807) is 35.1 Å². The predicted octanol–water partition coefficient (Wildman–Crippen LogP) is 5.97. The first-order chi connectivity index (χ1) is 15.0. The van der Waals surface area contributed by atoms with Crippen LogP contribution in [0.1, 0.15) is 27.4 Å². The van der Waals surface area contributed by atoms with E-state index in [2.05, 4.69) is 10.4 Å². The number of hydrogen-bond acceptors (Lipinski definition) is 4. The van der Waals surface area contributed by atoms with Gasteiger partial charge in [0.2, 0.25) is 0 Å². The molecule has 158 valence electrons. The van der Waals surface area contributed by atoms with Crippen LogP contribution in [0.25, 0.3) is 0 Å². The summed E-state index contributed by atoms with van der Waals surface area (Å²) in [5.41, 5.74) is 1.99. The average Bonchev–Trinajstić information content (AvgIpc) is 3.35. The summed E-state index contributed by atoms with van der Waals surface area (Å²) in [4.78, 5) is 12.5. The van der Waals surface area contributed by atoms with Gasteiger partial charge in [0.15, 0.2) is 11.6 Å². The fourth-order valence-electron chi connectivity index (χ4n) is 3.00. The normalized spacial score (nSPS) is 10.8. The number of hydrogen-bond donors (Lipinski definition) is 1. The molecule has 0 saturated carbocycles. The number of amides is 1. The SMILES string of the molecule is Cc1cc(Cl)ccc1OCc1ccc(C(=O)Nc2nn(Cc3ccccc3)cc2Cl)o1. The summed E-state index contributed by atoms with van der Waals surface area (Å²) in [7, 11) is 0. The molecule has 0 unspecified atom stereocenters. The molecule has 0 aliphatic rings. The van der Waals surface area contributed by atoms with Crippen LogP contribution in [-0.2, 0) is 13.2 Å². The number of anilines is 1. The molecule has 0 spiro atoms. The zero-order chi connectivity index (χ0) is 21.8. The van der Waals surface area contributed by atoms with Crippen LogP contribution < -0.4 is 10.1 Å². The number of aryl methyl sites for hydroxylation is 1. The Morgan fingerprint density at radius 1 is 1.13 bits per heavy atom. The average molecular weight is 456 g/mol. The second kappa shape index (κ2) is 9.29. The largest absolute Gasteiger partial charge is 0.485 e. The number of carbonyl (C=O) groups is 1. The second-order valence-electron chi connectivity index (χ2n) is 6.93. The molecule has 2 aromatic carbocycles. The van der Waals surface area contributed by atoms with Crippen LogP contribution in [0.15, 0.2) is 71.3 Å². The lowest BCUT2D eigenvalue weighted by Gasteiger charge is -2.07. The lowest BCUT2D eigenvalue weighted by Crippen LogP contribution is -2.12. The van der Waals surface area contributed by atoms with Gasteiger partial charge in [0, 0.05) is 11.2 Å². The molecular formula is C23H19Cl2N3O3. The summed E-state index contributed by atoms with van der Waals surface area (Å²) in [5.74, 6) is 1.18. The fourth-order valence-corrected chi connectivity index (χ4v) is 3.43. The summed E-state index contributed by atoms with van der Waals surface area (Å²) in [5, 5.41) is 8.02. The number of aromatic nitrogens is 2. The van der Waals surface area contributed by atoms with Crippen LogP contribution in [0.3, 0.4) is 0 Å². The van der Waals surface area contributed by atoms with Crippen molar-refractivity contribution in [2.75, 3.05) is 5.32 Å². The summed E-state index contributed by atoms with van der Waals surface area (Å²) >= 11 is 12.2. The topological polar surface area (TPSA) is 69.3 Å². The third kappa shape index (κ3) is 5.29. The van der Waals surface area contributed by atoms with E-state index in [-0.39, 0.29) is 18.2 Å². The van der Waals surface area contributed by atoms with Gasteiger partial charge in [0.1, 0.15) is 23.1 Å². The van der Waals surface area contributed by atoms with E-state index in [0.29, 0.717) is 28.1 Å². The Hall–Kier alpha value is -3.22. The van der Waals surface area contributed by atoms with Crippen LogP contribution in [0.4, 0.5) is 5.82 Å². The molecule has 0 atom stereocenters. The van der Waals surface area contributed by atoms with Crippen molar-refractivity contribution in [1.29, 1.82) is 0 Å². The minimum absolute atomic E-state index is 0.139. The van der Waals surface area contributed by atoms with Gasteiger partial charge in [-0.1, -0.05) is 53.5 Å². The third-order valence-corrected chi connectivity index (χ3v) is 5.04. The number of benzene rings is 2. The minimum Gasteiger partial charge on any atom is -0.485 e. The molecule has 0 aliphatic carbocycles. The number of ether oxygens (including phenoxy) is 1. The van der Waals surface area contributed by atoms with Gasteiger partial charge in [-0.25, -0.2) is 0 Å². The van der Waals surface area contributed by atoms with Crippen molar-refractivity contribution >= 4 is 34.9 Å². The first kappa shape index (κ1) is 21.0.